The lowest BCUT2D eigenvalue weighted by atomic mass is 10.0. The highest BCUT2D eigenvalue weighted by molar-refractivity contribution is 14.1. The third-order valence-electron chi connectivity index (χ3n) is 4.62. The van der Waals surface area contributed by atoms with Crippen molar-refractivity contribution in [1.29, 1.82) is 0 Å². The van der Waals surface area contributed by atoms with Crippen LogP contribution in [0.5, 0.6) is 0 Å². The Morgan fingerprint density at radius 3 is 1.21 bits per heavy atom. The third-order valence-corrected chi connectivity index (χ3v) is 7.85. The van der Waals surface area contributed by atoms with Crippen LogP contribution in [-0.4, -0.2) is 107 Å². The van der Waals surface area contributed by atoms with E-state index >= 15 is 0 Å². The van der Waals surface area contributed by atoms with E-state index in [9.17, 15) is 45.0 Å². The maximum Gasteiger partial charge on any atom is 0.253 e. The first-order valence-electron chi connectivity index (χ1n) is 9.87. The zero-order valence-electron chi connectivity index (χ0n) is 17.7. The zero-order valence-corrected chi connectivity index (χ0v) is 24.2. The summed E-state index contributed by atoms with van der Waals surface area (Å²) >= 11 is 5.33. The molecule has 1 aromatic rings. The second kappa shape index (κ2) is 15.6. The van der Waals surface area contributed by atoms with Gasteiger partial charge in [0.2, 0.25) is 0 Å². The molecule has 34 heavy (non-hydrogen) atoms. The number of carbonyl (C=O) groups excluding carboxylic acids is 3. The second-order valence-corrected chi connectivity index (χ2v) is 10.3. The minimum Gasteiger partial charge on any atom is -0.396 e. The van der Waals surface area contributed by atoms with Gasteiger partial charge in [0, 0.05) is 36.4 Å². The number of hydrogen-bond donors (Lipinski definition) is 9. The molecule has 0 unspecified atom stereocenters. The van der Waals surface area contributed by atoms with Crippen LogP contribution < -0.4 is 16.0 Å². The van der Waals surface area contributed by atoms with Crippen LogP contribution in [0.25, 0.3) is 0 Å². The molecule has 15 heteroatoms. The first-order valence-corrected chi connectivity index (χ1v) is 13.1. The number of nitrogens with one attached hydrogen (secondary N) is 3. The average Bonchev–Trinajstić information content (AvgIpc) is 2.81. The maximum atomic E-state index is 13.0. The Morgan fingerprint density at radius 1 is 0.588 bits per heavy atom. The minimum absolute atomic E-state index is 0.0133. The molecule has 0 saturated carbocycles. The van der Waals surface area contributed by atoms with E-state index < -0.39 is 62.2 Å². The number of amides is 3. The molecule has 1 aromatic carbocycles. The quantitative estimate of drug-likeness (QED) is 0.101. The average molecular weight is 821 g/mol. The van der Waals surface area contributed by atoms with Crippen molar-refractivity contribution in [1.82, 2.24) is 16.0 Å². The molecule has 3 amide bonds. The molecule has 12 nitrogen and oxygen atoms in total. The van der Waals surface area contributed by atoms with Gasteiger partial charge in [-0.3, -0.25) is 14.4 Å². The summed E-state index contributed by atoms with van der Waals surface area (Å²) in [4.78, 5) is 39.1. The Labute approximate surface area is 236 Å². The van der Waals surface area contributed by atoms with Crippen molar-refractivity contribution in [2.75, 3.05) is 46.2 Å². The summed E-state index contributed by atoms with van der Waals surface area (Å²) in [6.45, 7) is -2.98. The fourth-order valence-electron chi connectivity index (χ4n) is 2.59. The Balaban J connectivity index is 3.64. The molecule has 0 aliphatic heterocycles. The van der Waals surface area contributed by atoms with Crippen LogP contribution in [0, 0.1) is 16.6 Å². The van der Waals surface area contributed by atoms with E-state index in [1.807, 2.05) is 0 Å². The second-order valence-electron chi connectivity index (χ2n) is 7.08. The van der Waals surface area contributed by atoms with Crippen molar-refractivity contribution in [3.05, 3.63) is 27.4 Å². The molecule has 0 aromatic heterocycles. The van der Waals surface area contributed by atoms with Gasteiger partial charge >= 0.3 is 0 Å². The molecule has 0 bridgehead atoms. The standard InChI is InChI=1S/C19H26I3N3O9/c20-14-11(17(32)23-1-8(2-26)3-27)15(21)13(19(34)25-10(6-30)7-31)16(22)12(14)18(33)24-9(4-28)5-29/h8-10,26-31H,1-7H2,(H,23,32)(H,24,33)(H,25,34). The molecule has 192 valence electrons. The molecule has 0 atom stereocenters. The Bertz CT molecular complexity index is 823. The van der Waals surface area contributed by atoms with Crippen molar-refractivity contribution >= 4 is 85.5 Å². The normalized spacial score (nSPS) is 11.3. The fraction of sp³-hybridized carbons (Fsp3) is 0.526. The van der Waals surface area contributed by atoms with Crippen LogP contribution in [0.15, 0.2) is 0 Å². The van der Waals surface area contributed by atoms with Crippen LogP contribution in [0.2, 0.25) is 0 Å². The van der Waals surface area contributed by atoms with E-state index in [4.69, 9.17) is 0 Å². The highest BCUT2D eigenvalue weighted by Crippen LogP contribution is 2.32. The maximum absolute atomic E-state index is 13.0. The molecular weight excluding hydrogens is 795 g/mol. The molecular formula is C19H26I3N3O9. The smallest absolute Gasteiger partial charge is 0.253 e. The first-order chi connectivity index (χ1) is 16.1. The van der Waals surface area contributed by atoms with Gasteiger partial charge in [0.05, 0.1) is 55.2 Å². The zero-order chi connectivity index (χ0) is 26.0. The number of aliphatic hydroxyl groups is 6. The Morgan fingerprint density at radius 2 is 0.912 bits per heavy atom. The molecule has 0 spiro atoms. The summed E-state index contributed by atoms with van der Waals surface area (Å²) in [5.74, 6) is -2.77. The lowest BCUT2D eigenvalue weighted by Crippen LogP contribution is -2.43. The Hall–Kier alpha value is -0.420. The lowest BCUT2D eigenvalue weighted by molar-refractivity contribution is 0.0874. The number of carbonyl (C=O) groups is 3. The van der Waals surface area contributed by atoms with Gasteiger partial charge in [-0.2, -0.15) is 0 Å². The van der Waals surface area contributed by atoms with Gasteiger partial charge < -0.3 is 46.6 Å². The summed E-state index contributed by atoms with van der Waals surface area (Å²) in [6.07, 6.45) is 0. The largest absolute Gasteiger partial charge is 0.396 e. The van der Waals surface area contributed by atoms with Crippen LogP contribution in [0.4, 0.5) is 0 Å². The molecule has 0 aliphatic carbocycles. The van der Waals surface area contributed by atoms with Crippen molar-refractivity contribution in [3.63, 3.8) is 0 Å². The fourth-order valence-corrected chi connectivity index (χ4v) is 7.22. The van der Waals surface area contributed by atoms with Crippen LogP contribution in [0.3, 0.4) is 0 Å². The van der Waals surface area contributed by atoms with E-state index in [-0.39, 0.29) is 47.2 Å². The predicted octanol–water partition coefficient (Wildman–Crippen LogP) is -2.00. The van der Waals surface area contributed by atoms with Crippen LogP contribution in [0.1, 0.15) is 31.1 Å². The van der Waals surface area contributed by atoms with Crippen LogP contribution >= 0.6 is 67.8 Å². The molecule has 1 rings (SSSR count). The number of hydrogen-bond acceptors (Lipinski definition) is 9. The number of halogens is 3. The SMILES string of the molecule is O=C(NCC(CO)CO)c1c(I)c(C(=O)NC(CO)CO)c(I)c(C(=O)NC(CO)CO)c1I. The summed E-state index contributed by atoms with van der Waals surface area (Å²) in [5, 5.41) is 63.2. The Kier molecular flexibility index (Phi) is 14.5. The summed E-state index contributed by atoms with van der Waals surface area (Å²) in [5.41, 5.74) is -0.107. The van der Waals surface area contributed by atoms with E-state index in [0.29, 0.717) is 0 Å². The van der Waals surface area contributed by atoms with Crippen molar-refractivity contribution in [3.8, 4) is 0 Å². The van der Waals surface area contributed by atoms with Crippen LogP contribution in [-0.2, 0) is 0 Å². The molecule has 0 heterocycles. The minimum atomic E-state index is -0.976. The summed E-state index contributed by atoms with van der Waals surface area (Å²) in [6, 6.07) is -1.95. The van der Waals surface area contributed by atoms with Gasteiger partial charge in [0.1, 0.15) is 0 Å². The van der Waals surface area contributed by atoms with E-state index in [2.05, 4.69) is 16.0 Å². The van der Waals surface area contributed by atoms with Gasteiger partial charge in [-0.25, -0.2) is 0 Å². The predicted molar refractivity (Wildman–Crippen MR) is 145 cm³/mol. The van der Waals surface area contributed by atoms with E-state index in [1.165, 1.54) is 0 Å². The molecule has 0 aliphatic rings. The van der Waals surface area contributed by atoms with E-state index in [1.54, 1.807) is 67.8 Å². The topological polar surface area (TPSA) is 209 Å². The van der Waals surface area contributed by atoms with Gasteiger partial charge in [-0.05, 0) is 67.8 Å². The lowest BCUT2D eigenvalue weighted by Gasteiger charge is -2.22. The molecule has 0 fully saturated rings. The van der Waals surface area contributed by atoms with Gasteiger partial charge in [0.15, 0.2) is 0 Å². The number of aliphatic hydroxyl groups excluding tert-OH is 6. The highest BCUT2D eigenvalue weighted by Gasteiger charge is 2.31. The highest BCUT2D eigenvalue weighted by atomic mass is 127. The molecule has 0 saturated heterocycles. The number of rotatable bonds is 13. The van der Waals surface area contributed by atoms with Crippen molar-refractivity contribution in [2.24, 2.45) is 5.92 Å². The van der Waals surface area contributed by atoms with Crippen molar-refractivity contribution in [2.45, 2.75) is 12.1 Å². The summed E-state index contributed by atoms with van der Waals surface area (Å²) < 4.78 is 0.557. The number of benzene rings is 1. The molecule has 0 radical (unpaired) electrons. The van der Waals surface area contributed by atoms with Crippen molar-refractivity contribution < 1.29 is 45.0 Å². The summed E-state index contributed by atoms with van der Waals surface area (Å²) in [7, 11) is 0. The monoisotopic (exact) mass is 821 g/mol. The van der Waals surface area contributed by atoms with Gasteiger partial charge in [0.25, 0.3) is 17.7 Å². The van der Waals surface area contributed by atoms with Gasteiger partial charge in [-0.1, -0.05) is 0 Å². The van der Waals surface area contributed by atoms with Gasteiger partial charge in [-0.15, -0.1) is 0 Å². The third kappa shape index (κ3) is 8.05. The first kappa shape index (κ1) is 31.6. The molecule has 9 N–H and O–H groups in total. The van der Waals surface area contributed by atoms with E-state index in [0.717, 1.165) is 0 Å².